The highest BCUT2D eigenvalue weighted by molar-refractivity contribution is 6.30. The maximum absolute atomic E-state index is 13.2. The Bertz CT molecular complexity index is 790. The summed E-state index contributed by atoms with van der Waals surface area (Å²) in [5, 5.41) is 2.68. The second-order valence-corrected chi connectivity index (χ2v) is 6.50. The standard InChI is InChI=1S/C19H21ClF3N3O/c1-3-7-26(8-4-2)18(27)13-9-15(12-24-11-13)25-17-6-5-14(20)10-16(17)19(21,22)23/h5-6,9-12,25H,3-4,7-8H2,1-2H3. The first kappa shape index (κ1) is 21.0. The van der Waals surface area contributed by atoms with Crippen LogP contribution in [0.25, 0.3) is 0 Å². The molecule has 8 heteroatoms. The predicted octanol–water partition coefficient (Wildman–Crippen LogP) is 5.76. The van der Waals surface area contributed by atoms with Crippen molar-refractivity contribution in [1.29, 1.82) is 0 Å². The zero-order valence-electron chi connectivity index (χ0n) is 15.1. The smallest absolute Gasteiger partial charge is 0.354 e. The van der Waals surface area contributed by atoms with Gasteiger partial charge in [-0.25, -0.2) is 0 Å². The van der Waals surface area contributed by atoms with Gasteiger partial charge in [-0.2, -0.15) is 13.2 Å². The number of halogens is 4. The quantitative estimate of drug-likeness (QED) is 0.643. The molecule has 0 atom stereocenters. The van der Waals surface area contributed by atoms with Crippen molar-refractivity contribution in [3.8, 4) is 0 Å². The number of carbonyl (C=O) groups is 1. The van der Waals surface area contributed by atoms with Crippen LogP contribution in [0.2, 0.25) is 5.02 Å². The molecule has 0 bridgehead atoms. The zero-order chi connectivity index (χ0) is 20.0. The third-order valence-electron chi connectivity index (χ3n) is 3.83. The number of hydrogen-bond donors (Lipinski definition) is 1. The Morgan fingerprint density at radius 1 is 1.15 bits per heavy atom. The molecule has 1 heterocycles. The van der Waals surface area contributed by atoms with E-state index in [2.05, 4.69) is 10.3 Å². The number of anilines is 2. The SMILES string of the molecule is CCCN(CCC)C(=O)c1cncc(Nc2ccc(Cl)cc2C(F)(F)F)c1. The minimum absolute atomic E-state index is 0.00954. The lowest BCUT2D eigenvalue weighted by Gasteiger charge is -2.21. The molecule has 4 nitrogen and oxygen atoms in total. The Morgan fingerprint density at radius 3 is 2.41 bits per heavy atom. The van der Waals surface area contributed by atoms with Crippen LogP contribution in [0.3, 0.4) is 0 Å². The fraction of sp³-hybridized carbons (Fsp3) is 0.368. The Kier molecular flexibility index (Phi) is 7.07. The van der Waals surface area contributed by atoms with Crippen molar-refractivity contribution in [2.45, 2.75) is 32.9 Å². The molecule has 0 aliphatic carbocycles. The van der Waals surface area contributed by atoms with Crippen LogP contribution in [0.1, 0.15) is 42.6 Å². The summed E-state index contributed by atoms with van der Waals surface area (Å²) in [6.07, 6.45) is -0.144. The van der Waals surface area contributed by atoms with Gasteiger partial charge in [-0.15, -0.1) is 0 Å². The number of carbonyl (C=O) groups excluding carboxylic acids is 1. The van der Waals surface area contributed by atoms with E-state index in [4.69, 9.17) is 11.6 Å². The van der Waals surface area contributed by atoms with E-state index in [-0.39, 0.29) is 16.6 Å². The summed E-state index contributed by atoms with van der Waals surface area (Å²) in [4.78, 5) is 18.4. The molecule has 1 aromatic carbocycles. The van der Waals surface area contributed by atoms with Gasteiger partial charge in [0.15, 0.2) is 0 Å². The lowest BCUT2D eigenvalue weighted by atomic mass is 10.1. The van der Waals surface area contributed by atoms with E-state index in [0.29, 0.717) is 24.3 Å². The molecule has 2 rings (SSSR count). The highest BCUT2D eigenvalue weighted by atomic mass is 35.5. The summed E-state index contributed by atoms with van der Waals surface area (Å²) in [5.41, 5.74) is -0.423. The molecule has 146 valence electrons. The number of aromatic nitrogens is 1. The van der Waals surface area contributed by atoms with Crippen molar-refractivity contribution in [2.75, 3.05) is 18.4 Å². The predicted molar refractivity (Wildman–Crippen MR) is 100 cm³/mol. The van der Waals surface area contributed by atoms with Crippen LogP contribution in [-0.2, 0) is 6.18 Å². The van der Waals surface area contributed by atoms with Crippen molar-refractivity contribution < 1.29 is 18.0 Å². The molecule has 0 aliphatic heterocycles. The van der Waals surface area contributed by atoms with Crippen LogP contribution in [0.5, 0.6) is 0 Å². The van der Waals surface area contributed by atoms with E-state index in [1.54, 1.807) is 4.90 Å². The van der Waals surface area contributed by atoms with Gasteiger partial charge in [-0.1, -0.05) is 25.4 Å². The van der Waals surface area contributed by atoms with Gasteiger partial charge in [-0.05, 0) is 37.1 Å². The van der Waals surface area contributed by atoms with Crippen molar-refractivity contribution in [2.24, 2.45) is 0 Å². The van der Waals surface area contributed by atoms with Gasteiger partial charge >= 0.3 is 6.18 Å². The Balaban J connectivity index is 2.30. The summed E-state index contributed by atoms with van der Waals surface area (Å²) in [5.74, 6) is -0.193. The lowest BCUT2D eigenvalue weighted by Crippen LogP contribution is -2.32. The molecule has 0 unspecified atom stereocenters. The van der Waals surface area contributed by atoms with Gasteiger partial charge < -0.3 is 10.2 Å². The monoisotopic (exact) mass is 399 g/mol. The summed E-state index contributed by atoms with van der Waals surface area (Å²) < 4.78 is 39.7. The average Bonchev–Trinajstić information content (AvgIpc) is 2.62. The third kappa shape index (κ3) is 5.60. The van der Waals surface area contributed by atoms with E-state index < -0.39 is 11.7 Å². The minimum atomic E-state index is -4.56. The fourth-order valence-corrected chi connectivity index (χ4v) is 2.85. The summed E-state index contributed by atoms with van der Waals surface area (Å²) in [6, 6.07) is 4.98. The Morgan fingerprint density at radius 2 is 1.81 bits per heavy atom. The molecule has 0 saturated carbocycles. The lowest BCUT2D eigenvalue weighted by molar-refractivity contribution is -0.136. The van der Waals surface area contributed by atoms with Gasteiger partial charge in [0.05, 0.1) is 28.7 Å². The van der Waals surface area contributed by atoms with Gasteiger partial charge in [-0.3, -0.25) is 9.78 Å². The van der Waals surface area contributed by atoms with Crippen LogP contribution >= 0.6 is 11.6 Å². The molecule has 27 heavy (non-hydrogen) atoms. The van der Waals surface area contributed by atoms with Crippen LogP contribution in [-0.4, -0.2) is 28.9 Å². The second kappa shape index (κ2) is 9.08. The maximum atomic E-state index is 13.2. The number of nitrogens with one attached hydrogen (secondary N) is 1. The van der Waals surface area contributed by atoms with Gasteiger partial charge in [0.1, 0.15) is 0 Å². The molecule has 0 fully saturated rings. The second-order valence-electron chi connectivity index (χ2n) is 6.07. The van der Waals surface area contributed by atoms with Gasteiger partial charge in [0.2, 0.25) is 0 Å². The molecule has 0 radical (unpaired) electrons. The van der Waals surface area contributed by atoms with Crippen molar-refractivity contribution >= 4 is 28.9 Å². The van der Waals surface area contributed by atoms with Crippen LogP contribution < -0.4 is 5.32 Å². The molecule has 1 amide bonds. The number of pyridine rings is 1. The normalized spacial score (nSPS) is 11.3. The van der Waals surface area contributed by atoms with Crippen LogP contribution in [0.15, 0.2) is 36.7 Å². The minimum Gasteiger partial charge on any atom is -0.354 e. The van der Waals surface area contributed by atoms with E-state index >= 15 is 0 Å². The number of nitrogens with zero attached hydrogens (tertiary/aromatic N) is 2. The number of benzene rings is 1. The summed E-state index contributed by atoms with van der Waals surface area (Å²) in [6.45, 7) is 5.18. The van der Waals surface area contributed by atoms with E-state index in [9.17, 15) is 18.0 Å². The Labute approximate surface area is 161 Å². The number of amides is 1. The highest BCUT2D eigenvalue weighted by Crippen LogP contribution is 2.37. The van der Waals surface area contributed by atoms with Gasteiger partial charge in [0, 0.05) is 24.3 Å². The molecule has 0 saturated heterocycles. The van der Waals surface area contributed by atoms with Crippen LogP contribution in [0.4, 0.5) is 24.5 Å². The fourth-order valence-electron chi connectivity index (χ4n) is 2.68. The van der Waals surface area contributed by atoms with Crippen molar-refractivity contribution in [3.63, 3.8) is 0 Å². The van der Waals surface area contributed by atoms with E-state index in [1.807, 2.05) is 13.8 Å². The topological polar surface area (TPSA) is 45.2 Å². The molecule has 1 N–H and O–H groups in total. The van der Waals surface area contributed by atoms with E-state index in [0.717, 1.165) is 18.9 Å². The maximum Gasteiger partial charge on any atom is 0.418 e. The average molecular weight is 400 g/mol. The number of hydrogen-bond acceptors (Lipinski definition) is 3. The molecule has 0 spiro atoms. The van der Waals surface area contributed by atoms with Crippen LogP contribution in [0, 0.1) is 0 Å². The molecular formula is C19H21ClF3N3O. The van der Waals surface area contributed by atoms with Crippen molar-refractivity contribution in [1.82, 2.24) is 9.88 Å². The van der Waals surface area contributed by atoms with Gasteiger partial charge in [0.25, 0.3) is 5.91 Å². The zero-order valence-corrected chi connectivity index (χ0v) is 15.9. The first-order valence-corrected chi connectivity index (χ1v) is 9.02. The molecule has 0 aliphatic rings. The van der Waals surface area contributed by atoms with E-state index in [1.165, 1.54) is 30.6 Å². The molecule has 1 aromatic heterocycles. The summed E-state index contributed by atoms with van der Waals surface area (Å²) in [7, 11) is 0. The largest absolute Gasteiger partial charge is 0.418 e. The first-order chi connectivity index (χ1) is 12.8. The first-order valence-electron chi connectivity index (χ1n) is 8.64. The molecular weight excluding hydrogens is 379 g/mol. The Hall–Kier alpha value is -2.28. The third-order valence-corrected chi connectivity index (χ3v) is 4.06. The summed E-state index contributed by atoms with van der Waals surface area (Å²) >= 11 is 5.70. The number of rotatable bonds is 7. The molecule has 2 aromatic rings. The van der Waals surface area contributed by atoms with Crippen molar-refractivity contribution in [3.05, 3.63) is 52.8 Å². The highest BCUT2D eigenvalue weighted by Gasteiger charge is 2.34. The number of alkyl halides is 3.